The van der Waals surface area contributed by atoms with Crippen LogP contribution in [0.5, 0.6) is 0 Å². The number of hydrogen-bond donors (Lipinski definition) is 0. The summed E-state index contributed by atoms with van der Waals surface area (Å²) in [5, 5.41) is 6.44. The molecule has 0 radical (unpaired) electrons. The molecule has 5 nitrogen and oxygen atoms in total. The predicted molar refractivity (Wildman–Crippen MR) is 64.8 cm³/mol. The SMILES string of the molecule is CCOC(=O)c1csc(N(CC)N(C)C)n1. The van der Waals surface area contributed by atoms with Gasteiger partial charge in [-0.15, -0.1) is 11.3 Å². The number of hydrogen-bond acceptors (Lipinski definition) is 6. The average molecular weight is 243 g/mol. The molecular formula is C10H17N3O2S. The Morgan fingerprint density at radius 3 is 2.69 bits per heavy atom. The lowest BCUT2D eigenvalue weighted by Crippen LogP contribution is -2.36. The molecule has 1 aromatic heterocycles. The van der Waals surface area contributed by atoms with E-state index >= 15 is 0 Å². The van der Waals surface area contributed by atoms with E-state index in [1.165, 1.54) is 11.3 Å². The van der Waals surface area contributed by atoms with Gasteiger partial charge in [0, 0.05) is 26.0 Å². The zero-order valence-electron chi connectivity index (χ0n) is 10.1. The van der Waals surface area contributed by atoms with Gasteiger partial charge in [-0.25, -0.2) is 14.8 Å². The van der Waals surface area contributed by atoms with Crippen molar-refractivity contribution in [1.29, 1.82) is 0 Å². The summed E-state index contributed by atoms with van der Waals surface area (Å²) < 4.78 is 4.89. The molecule has 1 rings (SSSR count). The number of carbonyl (C=O) groups is 1. The van der Waals surface area contributed by atoms with E-state index < -0.39 is 0 Å². The number of nitrogens with zero attached hydrogens (tertiary/aromatic N) is 3. The van der Waals surface area contributed by atoms with Crippen molar-refractivity contribution in [3.05, 3.63) is 11.1 Å². The van der Waals surface area contributed by atoms with Crippen molar-refractivity contribution < 1.29 is 9.53 Å². The molecule has 0 spiro atoms. The minimum Gasteiger partial charge on any atom is -0.461 e. The molecule has 0 unspecified atom stereocenters. The first-order valence-electron chi connectivity index (χ1n) is 5.17. The van der Waals surface area contributed by atoms with Crippen molar-refractivity contribution in [3.63, 3.8) is 0 Å². The van der Waals surface area contributed by atoms with Crippen molar-refractivity contribution >= 4 is 22.4 Å². The van der Waals surface area contributed by atoms with E-state index in [1.807, 2.05) is 31.0 Å². The summed E-state index contributed by atoms with van der Waals surface area (Å²) in [6.07, 6.45) is 0. The van der Waals surface area contributed by atoms with E-state index in [0.29, 0.717) is 12.3 Å². The van der Waals surface area contributed by atoms with Crippen LogP contribution in [-0.4, -0.2) is 43.2 Å². The monoisotopic (exact) mass is 243 g/mol. The maximum atomic E-state index is 11.4. The fraction of sp³-hybridized carbons (Fsp3) is 0.600. The largest absolute Gasteiger partial charge is 0.461 e. The van der Waals surface area contributed by atoms with Gasteiger partial charge in [0.25, 0.3) is 0 Å². The van der Waals surface area contributed by atoms with Gasteiger partial charge in [0.1, 0.15) is 0 Å². The molecule has 90 valence electrons. The summed E-state index contributed by atoms with van der Waals surface area (Å²) >= 11 is 1.44. The van der Waals surface area contributed by atoms with Crippen LogP contribution < -0.4 is 5.01 Å². The normalized spacial score (nSPS) is 10.6. The first kappa shape index (κ1) is 12.9. The molecular weight excluding hydrogens is 226 g/mol. The Hall–Kier alpha value is -1.14. The molecule has 0 saturated heterocycles. The van der Waals surface area contributed by atoms with Crippen LogP contribution in [0.4, 0.5) is 5.13 Å². The molecule has 0 aliphatic rings. The maximum Gasteiger partial charge on any atom is 0.357 e. The molecule has 1 aromatic rings. The standard InChI is InChI=1S/C10H17N3O2S/c1-5-13(12(3)4)10-11-8(7-16-10)9(14)15-6-2/h7H,5-6H2,1-4H3. The Balaban J connectivity index is 2.81. The van der Waals surface area contributed by atoms with Gasteiger partial charge in [0.2, 0.25) is 5.13 Å². The summed E-state index contributed by atoms with van der Waals surface area (Å²) in [5.41, 5.74) is 0.377. The first-order valence-corrected chi connectivity index (χ1v) is 6.05. The molecule has 0 aromatic carbocycles. The summed E-state index contributed by atoms with van der Waals surface area (Å²) in [7, 11) is 3.88. The van der Waals surface area contributed by atoms with Crippen LogP contribution in [0.3, 0.4) is 0 Å². The van der Waals surface area contributed by atoms with Crippen molar-refractivity contribution in [2.24, 2.45) is 0 Å². The molecule has 0 aliphatic heterocycles. The van der Waals surface area contributed by atoms with Crippen LogP contribution in [0.2, 0.25) is 0 Å². The van der Waals surface area contributed by atoms with E-state index in [4.69, 9.17) is 4.74 Å². The number of ether oxygens (including phenoxy) is 1. The van der Waals surface area contributed by atoms with E-state index in [9.17, 15) is 4.79 Å². The lowest BCUT2D eigenvalue weighted by Gasteiger charge is -2.26. The highest BCUT2D eigenvalue weighted by Crippen LogP contribution is 2.21. The Bertz CT molecular complexity index is 352. The number of carbonyl (C=O) groups excluding carboxylic acids is 1. The van der Waals surface area contributed by atoms with E-state index in [2.05, 4.69) is 4.98 Å². The van der Waals surface area contributed by atoms with Crippen molar-refractivity contribution in [1.82, 2.24) is 9.99 Å². The number of thiazole rings is 1. The quantitative estimate of drug-likeness (QED) is 0.581. The van der Waals surface area contributed by atoms with Crippen LogP contribution in [-0.2, 0) is 4.74 Å². The smallest absolute Gasteiger partial charge is 0.357 e. The highest BCUT2D eigenvalue weighted by atomic mass is 32.1. The summed E-state index contributed by atoms with van der Waals surface area (Å²) in [6, 6.07) is 0. The van der Waals surface area contributed by atoms with Gasteiger partial charge in [-0.1, -0.05) is 0 Å². The van der Waals surface area contributed by atoms with Gasteiger partial charge in [-0.3, -0.25) is 5.01 Å². The molecule has 0 fully saturated rings. The van der Waals surface area contributed by atoms with Crippen LogP contribution in [0.25, 0.3) is 0 Å². The minimum atomic E-state index is -0.361. The highest BCUT2D eigenvalue weighted by Gasteiger charge is 2.15. The molecule has 0 N–H and O–H groups in total. The zero-order valence-corrected chi connectivity index (χ0v) is 10.9. The average Bonchev–Trinajstić information content (AvgIpc) is 2.68. The Morgan fingerprint density at radius 1 is 1.50 bits per heavy atom. The van der Waals surface area contributed by atoms with Gasteiger partial charge in [-0.2, -0.15) is 0 Å². The number of hydrazine groups is 1. The third-order valence-electron chi connectivity index (χ3n) is 1.98. The van der Waals surface area contributed by atoms with Gasteiger partial charge >= 0.3 is 5.97 Å². The molecule has 0 atom stereocenters. The van der Waals surface area contributed by atoms with Gasteiger partial charge < -0.3 is 4.74 Å². The lowest BCUT2D eigenvalue weighted by molar-refractivity contribution is 0.0520. The number of esters is 1. The van der Waals surface area contributed by atoms with Gasteiger partial charge in [-0.05, 0) is 13.8 Å². The van der Waals surface area contributed by atoms with Crippen LogP contribution in [0, 0.1) is 0 Å². The highest BCUT2D eigenvalue weighted by molar-refractivity contribution is 7.13. The molecule has 0 aliphatic carbocycles. The van der Waals surface area contributed by atoms with Crippen molar-refractivity contribution in [3.8, 4) is 0 Å². The zero-order chi connectivity index (χ0) is 12.1. The molecule has 0 amide bonds. The first-order chi connectivity index (χ1) is 7.60. The maximum absolute atomic E-state index is 11.4. The third kappa shape index (κ3) is 2.93. The van der Waals surface area contributed by atoms with Gasteiger partial charge in [0.05, 0.1) is 6.61 Å². The van der Waals surface area contributed by atoms with Crippen LogP contribution >= 0.6 is 11.3 Å². The molecule has 0 saturated carbocycles. The summed E-state index contributed by atoms with van der Waals surface area (Å²) in [5.74, 6) is -0.361. The van der Waals surface area contributed by atoms with Crippen molar-refractivity contribution in [2.45, 2.75) is 13.8 Å². The van der Waals surface area contributed by atoms with Crippen LogP contribution in [0.1, 0.15) is 24.3 Å². The van der Waals surface area contributed by atoms with Crippen LogP contribution in [0.15, 0.2) is 5.38 Å². The second-order valence-electron chi connectivity index (χ2n) is 3.30. The Morgan fingerprint density at radius 2 is 2.19 bits per heavy atom. The topological polar surface area (TPSA) is 45.7 Å². The van der Waals surface area contributed by atoms with E-state index in [0.717, 1.165) is 11.7 Å². The molecule has 1 heterocycles. The second kappa shape index (κ2) is 5.81. The Kier molecular flexibility index (Phi) is 4.70. The molecule has 6 heteroatoms. The van der Waals surface area contributed by atoms with E-state index in [1.54, 1.807) is 12.3 Å². The lowest BCUT2D eigenvalue weighted by atomic mass is 10.5. The summed E-state index contributed by atoms with van der Waals surface area (Å²) in [4.78, 5) is 15.7. The number of rotatable bonds is 5. The molecule has 16 heavy (non-hydrogen) atoms. The fourth-order valence-corrected chi connectivity index (χ4v) is 2.20. The molecule has 0 bridgehead atoms. The number of anilines is 1. The Labute approximate surface area is 99.6 Å². The fourth-order valence-electron chi connectivity index (χ4n) is 1.27. The van der Waals surface area contributed by atoms with Gasteiger partial charge in [0.15, 0.2) is 5.69 Å². The van der Waals surface area contributed by atoms with E-state index in [-0.39, 0.29) is 5.97 Å². The number of aromatic nitrogens is 1. The van der Waals surface area contributed by atoms with Crippen molar-refractivity contribution in [2.75, 3.05) is 32.3 Å². The second-order valence-corrected chi connectivity index (χ2v) is 4.14. The summed E-state index contributed by atoms with van der Waals surface area (Å²) in [6.45, 7) is 4.99. The third-order valence-corrected chi connectivity index (χ3v) is 2.83. The predicted octanol–water partition coefficient (Wildman–Crippen LogP) is 1.62. The minimum absolute atomic E-state index is 0.361.